The highest BCUT2D eigenvalue weighted by Crippen LogP contribution is 2.41. The molecule has 0 aliphatic carbocycles. The summed E-state index contributed by atoms with van der Waals surface area (Å²) in [4.78, 5) is 0. The Morgan fingerprint density at radius 1 is 1.06 bits per heavy atom. The predicted molar refractivity (Wildman–Crippen MR) is 79.3 cm³/mol. The van der Waals surface area contributed by atoms with E-state index in [0.29, 0.717) is 10.2 Å². The van der Waals surface area contributed by atoms with Crippen LogP contribution in [0.2, 0.25) is 0 Å². The van der Waals surface area contributed by atoms with Crippen LogP contribution in [0.25, 0.3) is 0 Å². The Morgan fingerprint density at radius 2 is 1.62 bits per heavy atom. The molecule has 0 saturated heterocycles. The first-order valence-corrected chi connectivity index (χ1v) is 8.09. The Morgan fingerprint density at radius 3 is 2.00 bits per heavy atom. The van der Waals surface area contributed by atoms with Crippen LogP contribution in [-0.4, -0.2) is 11.0 Å². The van der Waals surface area contributed by atoms with Crippen LogP contribution in [0.1, 0.15) is 73.6 Å². The van der Waals surface area contributed by atoms with Gasteiger partial charge in [0.1, 0.15) is 0 Å². The van der Waals surface area contributed by atoms with E-state index in [4.69, 9.17) is 0 Å². The molecular formula is C15H32S. The zero-order valence-electron chi connectivity index (χ0n) is 12.5. The van der Waals surface area contributed by atoms with Crippen LogP contribution in [0.3, 0.4) is 0 Å². The van der Waals surface area contributed by atoms with Gasteiger partial charge in [-0.2, -0.15) is 11.8 Å². The lowest BCUT2D eigenvalue weighted by Gasteiger charge is -2.37. The van der Waals surface area contributed by atoms with Crippen LogP contribution in [-0.2, 0) is 0 Å². The van der Waals surface area contributed by atoms with E-state index in [1.165, 1.54) is 32.1 Å². The predicted octanol–water partition coefficient (Wildman–Crippen LogP) is 5.76. The zero-order valence-corrected chi connectivity index (χ0v) is 13.3. The van der Waals surface area contributed by atoms with Gasteiger partial charge in [-0.25, -0.2) is 0 Å². The summed E-state index contributed by atoms with van der Waals surface area (Å²) in [6.45, 7) is 14.3. The van der Waals surface area contributed by atoms with E-state index in [9.17, 15) is 0 Å². The van der Waals surface area contributed by atoms with Crippen molar-refractivity contribution in [3.8, 4) is 0 Å². The van der Waals surface area contributed by atoms with Crippen molar-refractivity contribution >= 4 is 11.8 Å². The maximum atomic E-state index is 2.49. The second-order valence-corrected chi connectivity index (χ2v) is 7.67. The van der Waals surface area contributed by atoms with E-state index < -0.39 is 0 Å². The smallest absolute Gasteiger partial charge is 0.0101 e. The van der Waals surface area contributed by atoms with Gasteiger partial charge in [0.15, 0.2) is 0 Å². The molecule has 0 aliphatic rings. The molecule has 2 unspecified atom stereocenters. The van der Waals surface area contributed by atoms with E-state index in [2.05, 4.69) is 47.8 Å². The minimum atomic E-state index is 0.447. The lowest BCUT2D eigenvalue weighted by atomic mass is 9.70. The maximum Gasteiger partial charge on any atom is 0.0101 e. The van der Waals surface area contributed by atoms with Crippen LogP contribution in [0.5, 0.6) is 0 Å². The van der Waals surface area contributed by atoms with Crippen LogP contribution >= 0.6 is 11.8 Å². The van der Waals surface area contributed by atoms with Gasteiger partial charge in [0.25, 0.3) is 0 Å². The van der Waals surface area contributed by atoms with Crippen LogP contribution < -0.4 is 0 Å². The Kier molecular flexibility index (Phi) is 7.09. The molecule has 0 bridgehead atoms. The fourth-order valence-corrected chi connectivity index (χ4v) is 2.55. The lowest BCUT2D eigenvalue weighted by molar-refractivity contribution is 0.156. The molecule has 0 radical (unpaired) electrons. The van der Waals surface area contributed by atoms with E-state index in [0.717, 1.165) is 5.92 Å². The molecule has 0 spiro atoms. The van der Waals surface area contributed by atoms with Gasteiger partial charge in [-0.15, -0.1) is 0 Å². The Balaban J connectivity index is 4.37. The van der Waals surface area contributed by atoms with Gasteiger partial charge >= 0.3 is 0 Å². The molecular weight excluding hydrogens is 212 g/mol. The molecule has 0 rings (SSSR count). The third-order valence-electron chi connectivity index (χ3n) is 4.57. The van der Waals surface area contributed by atoms with E-state index >= 15 is 0 Å². The quantitative estimate of drug-likeness (QED) is 0.523. The van der Waals surface area contributed by atoms with E-state index in [1.807, 2.05) is 11.8 Å². The van der Waals surface area contributed by atoms with Crippen molar-refractivity contribution in [3.63, 3.8) is 0 Å². The SMILES string of the molecule is CCCC(C)C(C)(CC)CCC(C)(C)SC. The third kappa shape index (κ3) is 5.12. The molecule has 2 atom stereocenters. The summed E-state index contributed by atoms with van der Waals surface area (Å²) in [7, 11) is 0. The minimum absolute atomic E-state index is 0.447. The average Bonchev–Trinajstić information content (AvgIpc) is 2.26. The molecule has 0 aromatic carbocycles. The Hall–Kier alpha value is 0.350. The van der Waals surface area contributed by atoms with Crippen LogP contribution in [0, 0.1) is 11.3 Å². The second-order valence-electron chi connectivity index (χ2n) is 6.16. The number of hydrogen-bond donors (Lipinski definition) is 0. The molecule has 0 saturated carbocycles. The highest BCUT2D eigenvalue weighted by Gasteiger charge is 2.30. The monoisotopic (exact) mass is 244 g/mol. The van der Waals surface area contributed by atoms with Gasteiger partial charge in [0.2, 0.25) is 0 Å². The van der Waals surface area contributed by atoms with Crippen molar-refractivity contribution in [2.24, 2.45) is 11.3 Å². The first kappa shape index (κ1) is 16.4. The summed E-state index contributed by atoms with van der Waals surface area (Å²) < 4.78 is 0.447. The molecule has 0 amide bonds. The normalized spacial score (nSPS) is 18.2. The fourth-order valence-electron chi connectivity index (χ4n) is 2.24. The van der Waals surface area contributed by atoms with Gasteiger partial charge in [-0.05, 0) is 30.4 Å². The number of thioether (sulfide) groups is 1. The van der Waals surface area contributed by atoms with Crippen molar-refractivity contribution in [3.05, 3.63) is 0 Å². The van der Waals surface area contributed by atoms with Crippen molar-refractivity contribution < 1.29 is 0 Å². The van der Waals surface area contributed by atoms with Crippen molar-refractivity contribution in [1.29, 1.82) is 0 Å². The lowest BCUT2D eigenvalue weighted by Crippen LogP contribution is -2.28. The molecule has 0 aromatic heterocycles. The fraction of sp³-hybridized carbons (Fsp3) is 1.00. The van der Waals surface area contributed by atoms with Gasteiger partial charge < -0.3 is 0 Å². The van der Waals surface area contributed by atoms with Crippen molar-refractivity contribution in [2.45, 2.75) is 78.4 Å². The van der Waals surface area contributed by atoms with Crippen molar-refractivity contribution in [1.82, 2.24) is 0 Å². The summed E-state index contributed by atoms with van der Waals surface area (Å²) >= 11 is 2.00. The van der Waals surface area contributed by atoms with Gasteiger partial charge in [0.05, 0.1) is 0 Å². The number of rotatable bonds is 8. The van der Waals surface area contributed by atoms with Crippen LogP contribution in [0.15, 0.2) is 0 Å². The van der Waals surface area contributed by atoms with Gasteiger partial charge in [-0.1, -0.05) is 60.8 Å². The first-order valence-electron chi connectivity index (χ1n) is 6.86. The molecule has 0 nitrogen and oxygen atoms in total. The molecule has 0 aromatic rings. The maximum absolute atomic E-state index is 2.49. The van der Waals surface area contributed by atoms with Gasteiger partial charge in [-0.3, -0.25) is 0 Å². The minimum Gasteiger partial charge on any atom is -0.159 e. The molecule has 0 aliphatic heterocycles. The molecule has 0 heterocycles. The molecule has 16 heavy (non-hydrogen) atoms. The first-order chi connectivity index (χ1) is 7.31. The van der Waals surface area contributed by atoms with Gasteiger partial charge in [0, 0.05) is 4.75 Å². The average molecular weight is 244 g/mol. The molecule has 1 heteroatoms. The third-order valence-corrected chi connectivity index (χ3v) is 5.88. The largest absolute Gasteiger partial charge is 0.159 e. The van der Waals surface area contributed by atoms with E-state index in [1.54, 1.807) is 0 Å². The second kappa shape index (κ2) is 6.93. The Bertz CT molecular complexity index is 186. The summed E-state index contributed by atoms with van der Waals surface area (Å²) in [6.07, 6.45) is 8.97. The molecule has 0 N–H and O–H groups in total. The zero-order chi connectivity index (χ0) is 12.8. The summed E-state index contributed by atoms with van der Waals surface area (Å²) in [5.41, 5.74) is 0.545. The molecule has 98 valence electrons. The standard InChI is InChI=1S/C15H32S/c1-8-10-13(3)15(6,9-2)12-11-14(4,5)16-7/h13H,8-12H2,1-7H3. The molecule has 0 fully saturated rings. The highest BCUT2D eigenvalue weighted by atomic mass is 32.2. The van der Waals surface area contributed by atoms with Crippen LogP contribution in [0.4, 0.5) is 0 Å². The number of hydrogen-bond acceptors (Lipinski definition) is 1. The summed E-state index contributed by atoms with van der Waals surface area (Å²) in [5.74, 6) is 0.861. The summed E-state index contributed by atoms with van der Waals surface area (Å²) in [5, 5.41) is 0. The Labute approximate surface area is 108 Å². The van der Waals surface area contributed by atoms with Crippen molar-refractivity contribution in [2.75, 3.05) is 6.26 Å². The summed E-state index contributed by atoms with van der Waals surface area (Å²) in [6, 6.07) is 0. The highest BCUT2D eigenvalue weighted by molar-refractivity contribution is 7.99. The van der Waals surface area contributed by atoms with E-state index in [-0.39, 0.29) is 0 Å². The topological polar surface area (TPSA) is 0 Å².